The Kier molecular flexibility index (Phi) is 3.32. The predicted octanol–water partition coefficient (Wildman–Crippen LogP) is 2.71. The second-order valence-electron chi connectivity index (χ2n) is 6.40. The molecule has 0 aromatic carbocycles. The van der Waals surface area contributed by atoms with Crippen molar-refractivity contribution in [2.24, 2.45) is 0 Å². The molecule has 3 aliphatic rings. The Morgan fingerprint density at radius 3 is 2.90 bits per heavy atom. The smallest absolute Gasteiger partial charge is 0.155 e. The lowest BCUT2D eigenvalue weighted by Gasteiger charge is -2.28. The summed E-state index contributed by atoms with van der Waals surface area (Å²) in [6.45, 7) is 0.581. The highest BCUT2D eigenvalue weighted by Gasteiger charge is 2.48. The molecular formula is C15H20ClN3O2. The van der Waals surface area contributed by atoms with Gasteiger partial charge in [0.1, 0.15) is 0 Å². The summed E-state index contributed by atoms with van der Waals surface area (Å²) in [6, 6.07) is 0.298. The van der Waals surface area contributed by atoms with E-state index in [1.807, 2.05) is 0 Å². The number of ether oxygens (including phenoxy) is 2. The molecule has 2 atom stereocenters. The molecule has 4 rings (SSSR count). The van der Waals surface area contributed by atoms with Crippen molar-refractivity contribution in [1.29, 1.82) is 0 Å². The number of fused-ring (bicyclic) bond motifs is 1. The van der Waals surface area contributed by atoms with Crippen LogP contribution < -0.4 is 5.32 Å². The van der Waals surface area contributed by atoms with Crippen molar-refractivity contribution < 1.29 is 9.47 Å². The molecule has 1 spiro atoms. The SMILES string of the molecule is CO[C@@H]1CCC[C@H]1Nc1nnc(Cl)c2c1COC1(CC1)C2. The fourth-order valence-corrected chi connectivity index (χ4v) is 3.76. The maximum Gasteiger partial charge on any atom is 0.155 e. The van der Waals surface area contributed by atoms with Crippen molar-refractivity contribution in [1.82, 2.24) is 10.2 Å². The van der Waals surface area contributed by atoms with Gasteiger partial charge in [0.05, 0.1) is 24.4 Å². The van der Waals surface area contributed by atoms with Crippen LogP contribution in [0.3, 0.4) is 0 Å². The van der Waals surface area contributed by atoms with E-state index in [0.717, 1.165) is 49.0 Å². The maximum atomic E-state index is 6.26. The predicted molar refractivity (Wildman–Crippen MR) is 79.6 cm³/mol. The number of methoxy groups -OCH3 is 1. The number of aromatic nitrogens is 2. The molecule has 1 aromatic heterocycles. The first-order valence-corrected chi connectivity index (χ1v) is 8.06. The molecule has 6 heteroatoms. The van der Waals surface area contributed by atoms with E-state index >= 15 is 0 Å². The van der Waals surface area contributed by atoms with E-state index in [9.17, 15) is 0 Å². The van der Waals surface area contributed by atoms with Crippen LogP contribution in [0.1, 0.15) is 43.2 Å². The molecule has 0 saturated heterocycles. The van der Waals surface area contributed by atoms with Gasteiger partial charge in [0.15, 0.2) is 11.0 Å². The first-order chi connectivity index (χ1) is 10.2. The molecule has 1 aromatic rings. The molecule has 2 aliphatic carbocycles. The van der Waals surface area contributed by atoms with Crippen LogP contribution in [-0.2, 0) is 22.5 Å². The van der Waals surface area contributed by atoms with Crippen molar-refractivity contribution in [3.05, 3.63) is 16.3 Å². The minimum Gasteiger partial charge on any atom is -0.379 e. The lowest BCUT2D eigenvalue weighted by atomic mass is 10.00. The molecule has 0 unspecified atom stereocenters. The number of halogens is 1. The number of nitrogens with zero attached hydrogens (tertiary/aromatic N) is 2. The minimum absolute atomic E-state index is 0.0410. The van der Waals surface area contributed by atoms with Gasteiger partial charge in [-0.3, -0.25) is 0 Å². The maximum absolute atomic E-state index is 6.26. The van der Waals surface area contributed by atoms with E-state index in [1.165, 1.54) is 6.42 Å². The Balaban J connectivity index is 1.61. The monoisotopic (exact) mass is 309 g/mol. The summed E-state index contributed by atoms with van der Waals surface area (Å²) in [5, 5.41) is 12.4. The Labute approximate surface area is 129 Å². The lowest BCUT2D eigenvalue weighted by Crippen LogP contribution is -2.32. The largest absolute Gasteiger partial charge is 0.379 e. The molecule has 0 radical (unpaired) electrons. The Bertz CT molecular complexity index is 562. The highest BCUT2D eigenvalue weighted by molar-refractivity contribution is 6.30. The van der Waals surface area contributed by atoms with Crippen LogP contribution in [0, 0.1) is 0 Å². The minimum atomic E-state index is 0.0410. The molecule has 114 valence electrons. The summed E-state index contributed by atoms with van der Waals surface area (Å²) >= 11 is 6.26. The zero-order chi connectivity index (χ0) is 14.4. The molecule has 1 aliphatic heterocycles. The third-order valence-corrected chi connectivity index (χ3v) is 5.35. The summed E-state index contributed by atoms with van der Waals surface area (Å²) in [7, 11) is 1.77. The van der Waals surface area contributed by atoms with Crippen LogP contribution in [0.5, 0.6) is 0 Å². The van der Waals surface area contributed by atoms with Gasteiger partial charge >= 0.3 is 0 Å². The van der Waals surface area contributed by atoms with Crippen molar-refractivity contribution in [2.75, 3.05) is 12.4 Å². The highest BCUT2D eigenvalue weighted by atomic mass is 35.5. The second-order valence-corrected chi connectivity index (χ2v) is 6.76. The fourth-order valence-electron chi connectivity index (χ4n) is 3.54. The molecule has 1 N–H and O–H groups in total. The van der Waals surface area contributed by atoms with E-state index in [-0.39, 0.29) is 11.7 Å². The van der Waals surface area contributed by atoms with Gasteiger partial charge in [-0.2, -0.15) is 0 Å². The van der Waals surface area contributed by atoms with Crippen LogP contribution in [0.25, 0.3) is 0 Å². The molecule has 2 fully saturated rings. The van der Waals surface area contributed by atoms with Gasteiger partial charge in [-0.05, 0) is 32.1 Å². The number of nitrogens with one attached hydrogen (secondary N) is 1. The Hall–Kier alpha value is -0.910. The first kappa shape index (κ1) is 13.7. The van der Waals surface area contributed by atoms with Gasteiger partial charge < -0.3 is 14.8 Å². The molecule has 0 amide bonds. The molecular weight excluding hydrogens is 290 g/mol. The molecule has 21 heavy (non-hydrogen) atoms. The average Bonchev–Trinajstić information content (AvgIpc) is 3.09. The van der Waals surface area contributed by atoms with Crippen molar-refractivity contribution in [3.8, 4) is 0 Å². The second kappa shape index (κ2) is 5.07. The zero-order valence-electron chi connectivity index (χ0n) is 12.2. The standard InChI is InChI=1S/C15H20ClN3O2/c1-20-12-4-2-3-11(12)17-14-10-8-21-15(5-6-15)7-9(10)13(16)18-19-14/h11-12H,2-8H2,1H3,(H,17,19)/t11-,12-/m1/s1. The molecule has 2 saturated carbocycles. The topological polar surface area (TPSA) is 56.3 Å². The van der Waals surface area contributed by atoms with Crippen LogP contribution in [-0.4, -0.2) is 35.1 Å². The van der Waals surface area contributed by atoms with Gasteiger partial charge in [-0.15, -0.1) is 10.2 Å². The molecule has 5 nitrogen and oxygen atoms in total. The summed E-state index contributed by atoms with van der Waals surface area (Å²) < 4.78 is 11.6. The van der Waals surface area contributed by atoms with E-state index < -0.39 is 0 Å². The van der Waals surface area contributed by atoms with E-state index in [1.54, 1.807) is 7.11 Å². The number of hydrogen-bond donors (Lipinski definition) is 1. The highest BCUT2D eigenvalue weighted by Crippen LogP contribution is 2.48. The van der Waals surface area contributed by atoms with Gasteiger partial charge in [0.25, 0.3) is 0 Å². The quantitative estimate of drug-likeness (QED) is 0.930. The van der Waals surface area contributed by atoms with E-state index in [0.29, 0.717) is 17.8 Å². The first-order valence-electron chi connectivity index (χ1n) is 7.68. The third-order valence-electron chi connectivity index (χ3n) is 5.04. The van der Waals surface area contributed by atoms with Crippen molar-refractivity contribution in [3.63, 3.8) is 0 Å². The third kappa shape index (κ3) is 2.41. The van der Waals surface area contributed by atoms with Crippen molar-refractivity contribution in [2.45, 2.75) is 62.9 Å². The van der Waals surface area contributed by atoms with Gasteiger partial charge in [0.2, 0.25) is 0 Å². The number of anilines is 1. The summed E-state index contributed by atoms with van der Waals surface area (Å²) in [5.74, 6) is 0.818. The van der Waals surface area contributed by atoms with E-state index in [4.69, 9.17) is 21.1 Å². The normalized spacial score (nSPS) is 29.4. The van der Waals surface area contributed by atoms with E-state index in [2.05, 4.69) is 15.5 Å². The van der Waals surface area contributed by atoms with Crippen molar-refractivity contribution >= 4 is 17.4 Å². The van der Waals surface area contributed by atoms with Gasteiger partial charge in [0, 0.05) is 24.7 Å². The number of hydrogen-bond acceptors (Lipinski definition) is 5. The van der Waals surface area contributed by atoms with Crippen LogP contribution in [0.2, 0.25) is 5.15 Å². The molecule has 0 bridgehead atoms. The Morgan fingerprint density at radius 1 is 1.29 bits per heavy atom. The van der Waals surface area contributed by atoms with Crippen LogP contribution in [0.15, 0.2) is 0 Å². The summed E-state index contributed by atoms with van der Waals surface area (Å²) in [5.41, 5.74) is 2.23. The lowest BCUT2D eigenvalue weighted by molar-refractivity contribution is 0.00810. The zero-order valence-corrected chi connectivity index (χ0v) is 12.9. The van der Waals surface area contributed by atoms with Crippen LogP contribution in [0.4, 0.5) is 5.82 Å². The fraction of sp³-hybridized carbons (Fsp3) is 0.733. The number of rotatable bonds is 3. The Morgan fingerprint density at radius 2 is 2.14 bits per heavy atom. The molecule has 2 heterocycles. The summed E-state index contributed by atoms with van der Waals surface area (Å²) in [6.07, 6.45) is 6.74. The summed E-state index contributed by atoms with van der Waals surface area (Å²) in [4.78, 5) is 0. The average molecular weight is 310 g/mol. The van der Waals surface area contributed by atoms with Gasteiger partial charge in [-0.25, -0.2) is 0 Å². The van der Waals surface area contributed by atoms with Gasteiger partial charge in [-0.1, -0.05) is 11.6 Å². The van der Waals surface area contributed by atoms with Crippen LogP contribution >= 0.6 is 11.6 Å².